The highest BCUT2D eigenvalue weighted by Crippen LogP contribution is 2.20. The smallest absolute Gasteiger partial charge is 0.338 e. The van der Waals surface area contributed by atoms with Gasteiger partial charge in [-0.2, -0.15) is 0 Å². The first-order chi connectivity index (χ1) is 15.4. The van der Waals surface area contributed by atoms with Gasteiger partial charge in [0.25, 0.3) is 11.6 Å². The summed E-state index contributed by atoms with van der Waals surface area (Å²) in [7, 11) is 0. The number of esters is 1. The van der Waals surface area contributed by atoms with E-state index < -0.39 is 22.5 Å². The second-order valence-electron chi connectivity index (χ2n) is 7.07. The van der Waals surface area contributed by atoms with Gasteiger partial charge in [-0.3, -0.25) is 19.7 Å². The summed E-state index contributed by atoms with van der Waals surface area (Å²) in [6.07, 6.45) is 0.238. The summed E-state index contributed by atoms with van der Waals surface area (Å²) in [5, 5.41) is 13.8. The Morgan fingerprint density at radius 1 is 1.09 bits per heavy atom. The quantitative estimate of drug-likeness (QED) is 0.397. The van der Waals surface area contributed by atoms with E-state index in [0.717, 1.165) is 17.7 Å². The molecule has 32 heavy (non-hydrogen) atoms. The van der Waals surface area contributed by atoms with Crippen LogP contribution in [0.25, 0.3) is 0 Å². The SMILES string of the molecule is CCOC(=O)c1cc(C(=O)Nc2ccc(CC(=O)N3CCOCC3)cc2)cc([N+](=O)[O-])c1. The molecule has 0 radical (unpaired) electrons. The van der Waals surface area contributed by atoms with Crippen molar-refractivity contribution in [1.29, 1.82) is 0 Å². The monoisotopic (exact) mass is 441 g/mol. The average Bonchev–Trinajstić information content (AvgIpc) is 2.80. The van der Waals surface area contributed by atoms with Crippen molar-refractivity contribution in [2.45, 2.75) is 13.3 Å². The van der Waals surface area contributed by atoms with Crippen LogP contribution in [0.4, 0.5) is 11.4 Å². The normalized spacial score (nSPS) is 13.3. The van der Waals surface area contributed by atoms with E-state index >= 15 is 0 Å². The van der Waals surface area contributed by atoms with Crippen molar-refractivity contribution < 1.29 is 28.8 Å². The molecule has 2 amide bonds. The van der Waals surface area contributed by atoms with Crippen LogP contribution in [0.2, 0.25) is 0 Å². The largest absolute Gasteiger partial charge is 0.462 e. The number of morpholine rings is 1. The van der Waals surface area contributed by atoms with Crippen molar-refractivity contribution >= 4 is 29.2 Å². The van der Waals surface area contributed by atoms with Crippen LogP contribution in [-0.2, 0) is 20.7 Å². The molecule has 0 bridgehead atoms. The predicted octanol–water partition coefficient (Wildman–Crippen LogP) is 2.43. The summed E-state index contributed by atoms with van der Waals surface area (Å²) in [5.41, 5.74) is 0.718. The lowest BCUT2D eigenvalue weighted by Crippen LogP contribution is -2.41. The first-order valence-corrected chi connectivity index (χ1v) is 10.1. The Hall–Kier alpha value is -3.79. The fraction of sp³-hybridized carbons (Fsp3) is 0.318. The van der Waals surface area contributed by atoms with Gasteiger partial charge in [0.2, 0.25) is 5.91 Å². The fourth-order valence-corrected chi connectivity index (χ4v) is 3.19. The Balaban J connectivity index is 1.69. The van der Waals surface area contributed by atoms with E-state index in [1.54, 1.807) is 36.1 Å². The summed E-state index contributed by atoms with van der Waals surface area (Å²) >= 11 is 0. The Bertz CT molecular complexity index is 1010. The van der Waals surface area contributed by atoms with Crippen LogP contribution in [0.5, 0.6) is 0 Å². The van der Waals surface area contributed by atoms with Gasteiger partial charge in [-0.1, -0.05) is 12.1 Å². The Morgan fingerprint density at radius 2 is 1.75 bits per heavy atom. The fourth-order valence-electron chi connectivity index (χ4n) is 3.19. The average molecular weight is 441 g/mol. The molecule has 10 nitrogen and oxygen atoms in total. The maximum atomic E-state index is 12.6. The van der Waals surface area contributed by atoms with Crippen LogP contribution in [0, 0.1) is 10.1 Å². The van der Waals surface area contributed by atoms with Crippen molar-refractivity contribution in [3.05, 3.63) is 69.3 Å². The number of ether oxygens (including phenoxy) is 2. The van der Waals surface area contributed by atoms with Crippen LogP contribution >= 0.6 is 0 Å². The number of nitro groups is 1. The third kappa shape index (κ3) is 5.88. The number of anilines is 1. The number of non-ortho nitro benzene ring substituents is 1. The van der Waals surface area contributed by atoms with Gasteiger partial charge < -0.3 is 19.7 Å². The van der Waals surface area contributed by atoms with Crippen molar-refractivity contribution in [2.75, 3.05) is 38.2 Å². The number of rotatable bonds is 7. The molecule has 1 saturated heterocycles. The number of benzene rings is 2. The minimum absolute atomic E-state index is 0.00757. The van der Waals surface area contributed by atoms with Crippen molar-refractivity contribution in [3.8, 4) is 0 Å². The molecule has 1 N–H and O–H groups in total. The molecule has 0 spiro atoms. The second-order valence-corrected chi connectivity index (χ2v) is 7.07. The van der Waals surface area contributed by atoms with Gasteiger partial charge in [0, 0.05) is 36.5 Å². The van der Waals surface area contributed by atoms with Gasteiger partial charge in [0.15, 0.2) is 0 Å². The molecule has 1 heterocycles. The van der Waals surface area contributed by atoms with Gasteiger partial charge in [0.1, 0.15) is 0 Å². The molecule has 0 saturated carbocycles. The number of nitrogens with zero attached hydrogens (tertiary/aromatic N) is 2. The van der Waals surface area contributed by atoms with Crippen LogP contribution in [0.15, 0.2) is 42.5 Å². The number of hydrogen-bond acceptors (Lipinski definition) is 7. The lowest BCUT2D eigenvalue weighted by atomic mass is 10.1. The van der Waals surface area contributed by atoms with Crippen LogP contribution in [0.1, 0.15) is 33.2 Å². The molecule has 0 unspecified atom stereocenters. The molecule has 1 fully saturated rings. The van der Waals surface area contributed by atoms with Gasteiger partial charge in [-0.05, 0) is 30.7 Å². The standard InChI is InChI=1S/C22H23N3O7/c1-2-32-22(28)17-12-16(13-19(14-17)25(29)30)21(27)23-18-5-3-15(4-6-18)11-20(26)24-7-9-31-10-8-24/h3-6,12-14H,2,7-11H2,1H3,(H,23,27). The molecule has 168 valence electrons. The molecule has 0 aromatic heterocycles. The zero-order chi connectivity index (χ0) is 23.1. The van der Waals surface area contributed by atoms with E-state index in [1.165, 1.54) is 6.07 Å². The molecule has 10 heteroatoms. The van der Waals surface area contributed by atoms with Gasteiger partial charge in [-0.15, -0.1) is 0 Å². The minimum Gasteiger partial charge on any atom is -0.462 e. The van der Waals surface area contributed by atoms with E-state index in [-0.39, 0.29) is 30.1 Å². The molecule has 0 atom stereocenters. The highest BCUT2D eigenvalue weighted by Gasteiger charge is 2.19. The van der Waals surface area contributed by atoms with E-state index in [0.29, 0.717) is 32.0 Å². The maximum Gasteiger partial charge on any atom is 0.338 e. The van der Waals surface area contributed by atoms with Crippen molar-refractivity contribution in [3.63, 3.8) is 0 Å². The summed E-state index contributed by atoms with van der Waals surface area (Å²) < 4.78 is 10.1. The topological polar surface area (TPSA) is 128 Å². The van der Waals surface area contributed by atoms with Crippen molar-refractivity contribution in [2.24, 2.45) is 0 Å². The highest BCUT2D eigenvalue weighted by atomic mass is 16.6. The third-order valence-corrected chi connectivity index (χ3v) is 4.83. The summed E-state index contributed by atoms with van der Waals surface area (Å²) in [6.45, 7) is 3.93. The molecule has 3 rings (SSSR count). The third-order valence-electron chi connectivity index (χ3n) is 4.83. The molecular formula is C22H23N3O7. The molecule has 2 aromatic carbocycles. The molecule has 2 aromatic rings. The first kappa shape index (κ1) is 22.9. The number of nitrogens with one attached hydrogen (secondary N) is 1. The van der Waals surface area contributed by atoms with E-state index in [1.807, 2.05) is 0 Å². The minimum atomic E-state index is -0.750. The zero-order valence-electron chi connectivity index (χ0n) is 17.5. The zero-order valence-corrected chi connectivity index (χ0v) is 17.5. The maximum absolute atomic E-state index is 12.6. The molecular weight excluding hydrogens is 418 g/mol. The van der Waals surface area contributed by atoms with Gasteiger partial charge >= 0.3 is 5.97 Å². The van der Waals surface area contributed by atoms with Crippen molar-refractivity contribution in [1.82, 2.24) is 4.90 Å². The highest BCUT2D eigenvalue weighted by molar-refractivity contribution is 6.06. The summed E-state index contributed by atoms with van der Waals surface area (Å²) in [4.78, 5) is 49.2. The van der Waals surface area contributed by atoms with Gasteiger partial charge in [0.05, 0.1) is 36.7 Å². The molecule has 1 aliphatic heterocycles. The number of amides is 2. The van der Waals surface area contributed by atoms with E-state index in [4.69, 9.17) is 9.47 Å². The van der Waals surface area contributed by atoms with Crippen LogP contribution in [-0.4, -0.2) is 60.5 Å². The summed E-state index contributed by atoms with van der Waals surface area (Å²) in [6, 6.07) is 10.1. The molecule has 0 aliphatic carbocycles. The predicted molar refractivity (Wildman–Crippen MR) is 115 cm³/mol. The van der Waals surface area contributed by atoms with Crippen LogP contribution < -0.4 is 5.32 Å². The Kier molecular flexibility index (Phi) is 7.50. The Morgan fingerprint density at radius 3 is 2.38 bits per heavy atom. The lowest BCUT2D eigenvalue weighted by Gasteiger charge is -2.26. The lowest BCUT2D eigenvalue weighted by molar-refractivity contribution is -0.384. The number of carbonyl (C=O) groups excluding carboxylic acids is 3. The van der Waals surface area contributed by atoms with E-state index in [2.05, 4.69) is 5.32 Å². The van der Waals surface area contributed by atoms with Gasteiger partial charge in [-0.25, -0.2) is 4.79 Å². The number of hydrogen-bond donors (Lipinski definition) is 1. The molecule has 1 aliphatic rings. The van der Waals surface area contributed by atoms with E-state index in [9.17, 15) is 24.5 Å². The number of carbonyl (C=O) groups is 3. The first-order valence-electron chi connectivity index (χ1n) is 10.1. The number of nitro benzene ring substituents is 1. The second kappa shape index (κ2) is 10.5. The van der Waals surface area contributed by atoms with Crippen LogP contribution in [0.3, 0.4) is 0 Å². The Labute approximate surface area is 184 Å². The summed E-state index contributed by atoms with van der Waals surface area (Å²) in [5.74, 6) is -1.36.